The Morgan fingerprint density at radius 1 is 1.33 bits per heavy atom. The highest BCUT2D eigenvalue weighted by atomic mass is 35.5. The predicted octanol–water partition coefficient (Wildman–Crippen LogP) is 0.755. The summed E-state index contributed by atoms with van der Waals surface area (Å²) < 4.78 is 0. The van der Waals surface area contributed by atoms with E-state index in [9.17, 15) is 9.59 Å². The number of hydrogen-bond donors (Lipinski definition) is 3. The summed E-state index contributed by atoms with van der Waals surface area (Å²) in [4.78, 5) is 23.1. The van der Waals surface area contributed by atoms with Crippen LogP contribution in [0.25, 0.3) is 0 Å². The van der Waals surface area contributed by atoms with Crippen LogP contribution in [0.15, 0.2) is 24.3 Å². The summed E-state index contributed by atoms with van der Waals surface area (Å²) in [7, 11) is 0. The fourth-order valence-electron chi connectivity index (χ4n) is 1.92. The first kappa shape index (κ1) is 14.5. The number of nitrogens with two attached hydrogens (primary N) is 1. The largest absolute Gasteiger partial charge is 0.366 e. The maximum absolute atomic E-state index is 11.9. The number of amides is 2. The third kappa shape index (κ3) is 3.21. The molecule has 1 atom stereocenters. The molecule has 1 heterocycles. The van der Waals surface area contributed by atoms with Crippen molar-refractivity contribution in [3.8, 4) is 0 Å². The number of carbonyl (C=O) groups is 2. The van der Waals surface area contributed by atoms with Crippen LogP contribution < -0.4 is 16.4 Å². The molecule has 2 rings (SSSR count). The van der Waals surface area contributed by atoms with E-state index in [0.29, 0.717) is 17.8 Å². The van der Waals surface area contributed by atoms with Crippen molar-refractivity contribution in [2.45, 2.75) is 6.42 Å². The molecule has 1 aromatic rings. The van der Waals surface area contributed by atoms with Crippen LogP contribution >= 0.6 is 12.4 Å². The average molecular weight is 270 g/mol. The molecule has 1 unspecified atom stereocenters. The molecule has 6 heteroatoms. The summed E-state index contributed by atoms with van der Waals surface area (Å²) >= 11 is 0. The van der Waals surface area contributed by atoms with Gasteiger partial charge in [0.15, 0.2) is 0 Å². The quantitative estimate of drug-likeness (QED) is 0.757. The van der Waals surface area contributed by atoms with Gasteiger partial charge in [-0.3, -0.25) is 9.59 Å². The number of rotatable bonds is 3. The third-order valence-electron chi connectivity index (χ3n) is 2.88. The van der Waals surface area contributed by atoms with Gasteiger partial charge in [-0.1, -0.05) is 12.1 Å². The van der Waals surface area contributed by atoms with Gasteiger partial charge in [0.25, 0.3) is 5.91 Å². The number of para-hydroxylation sites is 1. The van der Waals surface area contributed by atoms with Crippen molar-refractivity contribution in [2.24, 2.45) is 11.7 Å². The molecule has 18 heavy (non-hydrogen) atoms. The number of benzene rings is 1. The maximum Gasteiger partial charge on any atom is 0.250 e. The highest BCUT2D eigenvalue weighted by Gasteiger charge is 2.23. The second-order valence-electron chi connectivity index (χ2n) is 4.09. The number of primary amides is 1. The van der Waals surface area contributed by atoms with Crippen LogP contribution in [0.1, 0.15) is 16.8 Å². The zero-order valence-corrected chi connectivity index (χ0v) is 10.6. The smallest absolute Gasteiger partial charge is 0.250 e. The minimum Gasteiger partial charge on any atom is -0.366 e. The van der Waals surface area contributed by atoms with Crippen LogP contribution in [0.2, 0.25) is 0 Å². The summed E-state index contributed by atoms with van der Waals surface area (Å²) in [6.07, 6.45) is 0.824. The van der Waals surface area contributed by atoms with E-state index < -0.39 is 5.91 Å². The molecule has 0 spiro atoms. The molecule has 4 N–H and O–H groups in total. The lowest BCUT2D eigenvalue weighted by Crippen LogP contribution is -2.26. The van der Waals surface area contributed by atoms with Crippen molar-refractivity contribution in [1.82, 2.24) is 5.32 Å². The van der Waals surface area contributed by atoms with Gasteiger partial charge in [0.05, 0.1) is 17.2 Å². The summed E-state index contributed by atoms with van der Waals surface area (Å²) in [5.41, 5.74) is 6.06. The summed E-state index contributed by atoms with van der Waals surface area (Å²) in [6.45, 7) is 1.54. The zero-order chi connectivity index (χ0) is 12.3. The monoisotopic (exact) mass is 269 g/mol. The molecule has 0 saturated carbocycles. The van der Waals surface area contributed by atoms with Gasteiger partial charge < -0.3 is 16.4 Å². The molecule has 98 valence electrons. The van der Waals surface area contributed by atoms with Crippen molar-refractivity contribution < 1.29 is 9.59 Å². The van der Waals surface area contributed by atoms with Crippen molar-refractivity contribution in [3.63, 3.8) is 0 Å². The van der Waals surface area contributed by atoms with E-state index in [2.05, 4.69) is 10.6 Å². The molecule has 2 amide bonds. The van der Waals surface area contributed by atoms with E-state index in [-0.39, 0.29) is 24.2 Å². The van der Waals surface area contributed by atoms with Crippen LogP contribution in [0.5, 0.6) is 0 Å². The first-order chi connectivity index (χ1) is 8.18. The van der Waals surface area contributed by atoms with Crippen LogP contribution in [-0.2, 0) is 4.79 Å². The van der Waals surface area contributed by atoms with Crippen LogP contribution in [-0.4, -0.2) is 24.9 Å². The lowest BCUT2D eigenvalue weighted by atomic mass is 10.1. The zero-order valence-electron chi connectivity index (χ0n) is 9.81. The fraction of sp³-hybridized carbons (Fsp3) is 0.333. The van der Waals surface area contributed by atoms with Crippen molar-refractivity contribution in [3.05, 3.63) is 29.8 Å². The van der Waals surface area contributed by atoms with Crippen molar-refractivity contribution >= 4 is 29.9 Å². The number of carbonyl (C=O) groups excluding carboxylic acids is 2. The Morgan fingerprint density at radius 3 is 2.67 bits per heavy atom. The minimum atomic E-state index is -0.537. The lowest BCUT2D eigenvalue weighted by molar-refractivity contribution is -0.119. The third-order valence-corrected chi connectivity index (χ3v) is 2.88. The first-order valence-corrected chi connectivity index (χ1v) is 5.59. The van der Waals surface area contributed by atoms with Gasteiger partial charge in [-0.25, -0.2) is 0 Å². The molecule has 1 aromatic carbocycles. The Kier molecular flexibility index (Phi) is 5.12. The number of halogens is 1. The van der Waals surface area contributed by atoms with E-state index in [0.717, 1.165) is 13.0 Å². The average Bonchev–Trinajstić information content (AvgIpc) is 2.83. The number of anilines is 1. The number of hydrogen-bond acceptors (Lipinski definition) is 3. The Hall–Kier alpha value is -1.59. The van der Waals surface area contributed by atoms with Gasteiger partial charge in [-0.05, 0) is 25.1 Å². The molecule has 1 aliphatic rings. The van der Waals surface area contributed by atoms with E-state index in [1.807, 2.05) is 0 Å². The molecule has 1 fully saturated rings. The molecule has 0 radical (unpaired) electrons. The second-order valence-corrected chi connectivity index (χ2v) is 4.09. The summed E-state index contributed by atoms with van der Waals surface area (Å²) in [6, 6.07) is 6.76. The second kappa shape index (κ2) is 6.37. The van der Waals surface area contributed by atoms with Gasteiger partial charge in [-0.15, -0.1) is 12.4 Å². The van der Waals surface area contributed by atoms with E-state index in [4.69, 9.17) is 5.73 Å². The Labute approximate surface area is 112 Å². The molecule has 5 nitrogen and oxygen atoms in total. The minimum absolute atomic E-state index is 0. The van der Waals surface area contributed by atoms with Gasteiger partial charge in [0.2, 0.25) is 5.91 Å². The molecule has 0 aromatic heterocycles. The van der Waals surface area contributed by atoms with E-state index in [1.54, 1.807) is 24.3 Å². The van der Waals surface area contributed by atoms with Crippen molar-refractivity contribution in [2.75, 3.05) is 18.4 Å². The maximum atomic E-state index is 11.9. The molecule has 0 bridgehead atoms. The fourth-order valence-corrected chi connectivity index (χ4v) is 1.92. The standard InChI is InChI=1S/C12H15N3O2.ClH/c13-11(16)9-3-1-2-4-10(9)15-12(17)8-5-6-14-7-8;/h1-4,8,14H,5-7H2,(H2,13,16)(H,15,17);1H. The lowest BCUT2D eigenvalue weighted by Gasteiger charge is -2.12. The topological polar surface area (TPSA) is 84.2 Å². The first-order valence-electron chi connectivity index (χ1n) is 5.59. The van der Waals surface area contributed by atoms with Gasteiger partial charge >= 0.3 is 0 Å². The van der Waals surface area contributed by atoms with Crippen LogP contribution in [0.4, 0.5) is 5.69 Å². The van der Waals surface area contributed by atoms with Crippen molar-refractivity contribution in [1.29, 1.82) is 0 Å². The van der Waals surface area contributed by atoms with Crippen LogP contribution in [0.3, 0.4) is 0 Å². The summed E-state index contributed by atoms with van der Waals surface area (Å²) in [5.74, 6) is -0.634. The van der Waals surface area contributed by atoms with E-state index >= 15 is 0 Å². The Bertz CT molecular complexity index is 445. The predicted molar refractivity (Wildman–Crippen MR) is 71.8 cm³/mol. The Morgan fingerprint density at radius 2 is 2.06 bits per heavy atom. The highest BCUT2D eigenvalue weighted by Crippen LogP contribution is 2.17. The molecule has 1 saturated heterocycles. The van der Waals surface area contributed by atoms with Crippen LogP contribution in [0, 0.1) is 5.92 Å². The molecular formula is C12H16ClN3O2. The van der Waals surface area contributed by atoms with Gasteiger partial charge in [-0.2, -0.15) is 0 Å². The summed E-state index contributed by atoms with van der Waals surface area (Å²) in [5, 5.41) is 5.88. The molecule has 0 aliphatic carbocycles. The highest BCUT2D eigenvalue weighted by molar-refractivity contribution is 6.03. The normalized spacial score (nSPS) is 17.9. The molecular weight excluding hydrogens is 254 g/mol. The number of nitrogens with one attached hydrogen (secondary N) is 2. The SMILES string of the molecule is Cl.NC(=O)c1ccccc1NC(=O)C1CCNC1. The van der Waals surface area contributed by atoms with Gasteiger partial charge in [0, 0.05) is 6.54 Å². The van der Waals surface area contributed by atoms with E-state index in [1.165, 1.54) is 0 Å². The Balaban J connectivity index is 0.00000162. The van der Waals surface area contributed by atoms with Gasteiger partial charge in [0.1, 0.15) is 0 Å². The molecule has 1 aliphatic heterocycles.